The van der Waals surface area contributed by atoms with Crippen molar-refractivity contribution in [3.8, 4) is 0 Å². The Morgan fingerprint density at radius 1 is 1.42 bits per heavy atom. The van der Waals surface area contributed by atoms with Crippen LogP contribution >= 0.6 is 0 Å². The first-order valence-electron chi connectivity index (χ1n) is 6.59. The molecule has 1 unspecified atom stereocenters. The summed E-state index contributed by atoms with van der Waals surface area (Å²) in [6.07, 6.45) is 3.69. The van der Waals surface area contributed by atoms with Crippen LogP contribution in [0.15, 0.2) is 17.3 Å². The van der Waals surface area contributed by atoms with Crippen molar-refractivity contribution in [3.63, 3.8) is 0 Å². The fourth-order valence-corrected chi connectivity index (χ4v) is 2.51. The number of hydrogen-bond acceptors (Lipinski definition) is 4. The van der Waals surface area contributed by atoms with E-state index in [0.717, 1.165) is 6.42 Å². The Hall–Kier alpha value is -0.920. The predicted molar refractivity (Wildman–Crippen MR) is 75.1 cm³/mol. The molecule has 0 saturated heterocycles. The molecule has 1 aromatic heterocycles. The van der Waals surface area contributed by atoms with Crippen molar-refractivity contribution in [1.82, 2.24) is 14.5 Å². The van der Waals surface area contributed by atoms with Crippen LogP contribution in [-0.4, -0.2) is 31.3 Å². The fourth-order valence-electron chi connectivity index (χ4n) is 1.42. The van der Waals surface area contributed by atoms with Crippen LogP contribution in [0.5, 0.6) is 0 Å². The Morgan fingerprint density at radius 2 is 2.11 bits per heavy atom. The molecule has 1 aromatic rings. The molecular weight excluding hydrogens is 264 g/mol. The summed E-state index contributed by atoms with van der Waals surface area (Å²) in [6, 6.07) is 0. The fraction of sp³-hybridized carbons (Fsp3) is 0.750. The summed E-state index contributed by atoms with van der Waals surface area (Å²) in [5.74, 6) is 0.733. The van der Waals surface area contributed by atoms with Gasteiger partial charge in [-0.05, 0) is 24.8 Å². The van der Waals surface area contributed by atoms with E-state index in [-0.39, 0.29) is 4.90 Å². The van der Waals surface area contributed by atoms with Crippen molar-refractivity contribution in [3.05, 3.63) is 12.4 Å². The minimum atomic E-state index is -3.46. The van der Waals surface area contributed by atoms with E-state index in [4.69, 9.17) is 5.73 Å². The third kappa shape index (κ3) is 4.93. The monoisotopic (exact) mass is 288 g/mol. The molecule has 0 fully saturated rings. The van der Waals surface area contributed by atoms with Crippen molar-refractivity contribution in [2.45, 2.75) is 38.6 Å². The highest BCUT2D eigenvalue weighted by molar-refractivity contribution is 7.89. The first-order chi connectivity index (χ1) is 8.86. The molecule has 0 amide bonds. The maximum Gasteiger partial charge on any atom is 0.243 e. The van der Waals surface area contributed by atoms with Gasteiger partial charge >= 0.3 is 0 Å². The zero-order valence-electron chi connectivity index (χ0n) is 11.8. The van der Waals surface area contributed by atoms with Crippen LogP contribution in [0.3, 0.4) is 0 Å². The number of nitrogens with one attached hydrogen (secondary N) is 1. The van der Waals surface area contributed by atoms with E-state index in [1.54, 1.807) is 4.68 Å². The molecule has 0 aliphatic heterocycles. The molecule has 7 heteroatoms. The molecule has 3 N–H and O–H groups in total. The average molecular weight is 288 g/mol. The van der Waals surface area contributed by atoms with E-state index in [9.17, 15) is 8.42 Å². The maximum absolute atomic E-state index is 12.1. The standard InChI is InChI=1S/C12H24N4O2S/c1-10(2)11(3)7-15-19(17,18)12-8-14-16(9-12)6-4-5-13/h8-11,15H,4-7,13H2,1-3H3. The second kappa shape index (κ2) is 7.02. The third-order valence-electron chi connectivity index (χ3n) is 3.24. The van der Waals surface area contributed by atoms with Crippen molar-refractivity contribution >= 4 is 10.0 Å². The number of aryl methyl sites for hydroxylation is 1. The molecule has 0 aliphatic carbocycles. The number of aromatic nitrogens is 2. The minimum Gasteiger partial charge on any atom is -0.330 e. The van der Waals surface area contributed by atoms with E-state index in [1.165, 1.54) is 12.4 Å². The van der Waals surface area contributed by atoms with Crippen molar-refractivity contribution in [1.29, 1.82) is 0 Å². The number of hydrogen-bond donors (Lipinski definition) is 2. The van der Waals surface area contributed by atoms with Gasteiger partial charge in [0.15, 0.2) is 0 Å². The molecule has 1 heterocycles. The summed E-state index contributed by atoms with van der Waals surface area (Å²) in [5, 5.41) is 4.02. The van der Waals surface area contributed by atoms with Crippen LogP contribution < -0.4 is 10.5 Å². The van der Waals surface area contributed by atoms with Gasteiger partial charge in [-0.15, -0.1) is 0 Å². The van der Waals surface area contributed by atoms with Crippen molar-refractivity contribution < 1.29 is 8.42 Å². The molecule has 0 saturated carbocycles. The normalized spacial score (nSPS) is 13.9. The second-order valence-corrected chi connectivity index (χ2v) is 6.92. The van der Waals surface area contributed by atoms with Gasteiger partial charge in [-0.1, -0.05) is 20.8 Å². The lowest BCUT2D eigenvalue weighted by Crippen LogP contribution is -2.30. The topological polar surface area (TPSA) is 90.0 Å². The summed E-state index contributed by atoms with van der Waals surface area (Å²) in [5.41, 5.74) is 5.41. The molecule has 0 aromatic carbocycles. The van der Waals surface area contributed by atoms with Gasteiger partial charge in [-0.3, -0.25) is 4.68 Å². The van der Waals surface area contributed by atoms with Crippen LogP contribution in [0.4, 0.5) is 0 Å². The highest BCUT2D eigenvalue weighted by atomic mass is 32.2. The third-order valence-corrected chi connectivity index (χ3v) is 4.62. The molecule has 1 rings (SSSR count). The lowest BCUT2D eigenvalue weighted by Gasteiger charge is -2.15. The van der Waals surface area contributed by atoms with Gasteiger partial charge in [0.25, 0.3) is 0 Å². The predicted octanol–water partition coefficient (Wildman–Crippen LogP) is 0.802. The first kappa shape index (κ1) is 16.1. The van der Waals surface area contributed by atoms with Crippen LogP contribution in [-0.2, 0) is 16.6 Å². The lowest BCUT2D eigenvalue weighted by molar-refractivity contribution is 0.414. The van der Waals surface area contributed by atoms with Crippen LogP contribution in [0.2, 0.25) is 0 Å². The van der Waals surface area contributed by atoms with E-state index < -0.39 is 10.0 Å². The van der Waals surface area contributed by atoms with Crippen LogP contribution in [0, 0.1) is 11.8 Å². The quantitative estimate of drug-likeness (QED) is 0.740. The molecule has 0 radical (unpaired) electrons. The molecule has 19 heavy (non-hydrogen) atoms. The van der Waals surface area contributed by atoms with Gasteiger partial charge in [-0.25, -0.2) is 13.1 Å². The van der Waals surface area contributed by atoms with Gasteiger partial charge in [0.2, 0.25) is 10.0 Å². The smallest absolute Gasteiger partial charge is 0.243 e. The molecule has 110 valence electrons. The Labute approximate surface area is 115 Å². The molecule has 1 atom stereocenters. The van der Waals surface area contributed by atoms with E-state index in [0.29, 0.717) is 31.5 Å². The highest BCUT2D eigenvalue weighted by Gasteiger charge is 2.18. The largest absolute Gasteiger partial charge is 0.330 e. The highest BCUT2D eigenvalue weighted by Crippen LogP contribution is 2.11. The molecule has 0 aliphatic rings. The Bertz CT molecular complexity index is 482. The van der Waals surface area contributed by atoms with Crippen LogP contribution in [0.25, 0.3) is 0 Å². The van der Waals surface area contributed by atoms with Crippen molar-refractivity contribution in [2.24, 2.45) is 17.6 Å². The average Bonchev–Trinajstić information content (AvgIpc) is 2.82. The summed E-state index contributed by atoms with van der Waals surface area (Å²) in [6.45, 7) is 7.81. The first-order valence-corrected chi connectivity index (χ1v) is 8.07. The lowest BCUT2D eigenvalue weighted by atomic mass is 9.99. The van der Waals surface area contributed by atoms with Gasteiger partial charge < -0.3 is 5.73 Å². The number of nitrogens with zero attached hydrogens (tertiary/aromatic N) is 2. The summed E-state index contributed by atoms with van der Waals surface area (Å²) >= 11 is 0. The van der Waals surface area contributed by atoms with Gasteiger partial charge in [0.1, 0.15) is 4.90 Å². The van der Waals surface area contributed by atoms with Crippen LogP contribution in [0.1, 0.15) is 27.2 Å². The van der Waals surface area contributed by atoms with E-state index in [1.807, 2.05) is 6.92 Å². The molecule has 0 spiro atoms. The van der Waals surface area contributed by atoms with E-state index in [2.05, 4.69) is 23.7 Å². The maximum atomic E-state index is 12.1. The van der Waals surface area contributed by atoms with E-state index >= 15 is 0 Å². The Kier molecular flexibility index (Phi) is 5.96. The number of sulfonamides is 1. The zero-order valence-corrected chi connectivity index (χ0v) is 12.7. The summed E-state index contributed by atoms with van der Waals surface area (Å²) < 4.78 is 28.3. The SMILES string of the molecule is CC(C)C(C)CNS(=O)(=O)c1cnn(CCCN)c1. The molecule has 6 nitrogen and oxygen atoms in total. The van der Waals surface area contributed by atoms with Crippen molar-refractivity contribution in [2.75, 3.05) is 13.1 Å². The van der Waals surface area contributed by atoms with Gasteiger partial charge in [0.05, 0.1) is 6.20 Å². The van der Waals surface area contributed by atoms with Gasteiger partial charge in [0, 0.05) is 19.3 Å². The number of nitrogens with two attached hydrogens (primary N) is 1. The summed E-state index contributed by atoms with van der Waals surface area (Å²) in [4.78, 5) is 0.209. The number of rotatable bonds is 8. The Morgan fingerprint density at radius 3 is 2.68 bits per heavy atom. The Balaban J connectivity index is 2.64. The molecular formula is C12H24N4O2S. The second-order valence-electron chi connectivity index (χ2n) is 5.15. The minimum absolute atomic E-state index is 0.209. The zero-order chi connectivity index (χ0) is 14.5. The van der Waals surface area contributed by atoms with Gasteiger partial charge in [-0.2, -0.15) is 5.10 Å². The summed E-state index contributed by atoms with van der Waals surface area (Å²) in [7, 11) is -3.46. The molecule has 0 bridgehead atoms.